The summed E-state index contributed by atoms with van der Waals surface area (Å²) in [6.45, 7) is 1.95. The molecule has 1 aromatic carbocycles. The number of hydrogen-bond donors (Lipinski definition) is 2. The summed E-state index contributed by atoms with van der Waals surface area (Å²) in [5.74, 6) is 0. The van der Waals surface area contributed by atoms with E-state index in [0.717, 1.165) is 19.5 Å². The fourth-order valence-electron chi connectivity index (χ4n) is 2.19. The summed E-state index contributed by atoms with van der Waals surface area (Å²) in [6, 6.07) is 12.9. The van der Waals surface area contributed by atoms with Crippen molar-refractivity contribution in [2.45, 2.75) is 13.0 Å². The van der Waals surface area contributed by atoms with E-state index in [-0.39, 0.29) is 0 Å². The predicted molar refractivity (Wildman–Crippen MR) is 78.0 cm³/mol. The zero-order chi connectivity index (χ0) is 12.2. The molecule has 0 radical (unpaired) electrons. The Morgan fingerprint density at radius 1 is 1.11 bits per heavy atom. The van der Waals surface area contributed by atoms with Crippen LogP contribution in [0.15, 0.2) is 48.0 Å². The van der Waals surface area contributed by atoms with E-state index in [9.17, 15) is 0 Å². The molecule has 3 rings (SSSR count). The zero-order valence-corrected chi connectivity index (χ0v) is 11.0. The third-order valence-corrected chi connectivity index (χ3v) is 4.05. The maximum atomic E-state index is 3.51. The highest BCUT2D eigenvalue weighted by Crippen LogP contribution is 2.16. The first-order chi connectivity index (χ1) is 8.93. The van der Waals surface area contributed by atoms with Crippen molar-refractivity contribution in [3.8, 4) is 0 Å². The van der Waals surface area contributed by atoms with Gasteiger partial charge in [0.05, 0.1) is 0 Å². The Bertz CT molecular complexity index is 610. The number of hydrogen-bond acceptors (Lipinski definition) is 2. The first-order valence-corrected chi connectivity index (χ1v) is 7.09. The highest BCUT2D eigenvalue weighted by atomic mass is 32.1. The Balaban J connectivity index is 1.58. The molecule has 2 N–H and O–H groups in total. The minimum absolute atomic E-state index is 0.920. The lowest BCUT2D eigenvalue weighted by Gasteiger charge is -2.05. The fourth-order valence-corrected chi connectivity index (χ4v) is 2.90. The molecule has 0 bridgehead atoms. The fraction of sp³-hybridized carbons (Fsp3) is 0.200. The Morgan fingerprint density at radius 3 is 3.00 bits per heavy atom. The molecule has 0 aliphatic rings. The minimum Gasteiger partial charge on any atom is -0.361 e. The van der Waals surface area contributed by atoms with Crippen molar-refractivity contribution in [1.82, 2.24) is 10.3 Å². The molecule has 0 atom stereocenters. The van der Waals surface area contributed by atoms with E-state index >= 15 is 0 Å². The third-order valence-electron chi connectivity index (χ3n) is 3.12. The number of benzene rings is 1. The van der Waals surface area contributed by atoms with Crippen LogP contribution in [0.25, 0.3) is 10.9 Å². The van der Waals surface area contributed by atoms with Gasteiger partial charge < -0.3 is 10.3 Å². The second kappa shape index (κ2) is 5.38. The summed E-state index contributed by atoms with van der Waals surface area (Å²) < 4.78 is 0. The molecule has 2 aromatic heterocycles. The molecule has 0 unspecified atom stereocenters. The second-order valence-electron chi connectivity index (χ2n) is 4.37. The summed E-state index contributed by atoms with van der Waals surface area (Å²) in [4.78, 5) is 4.75. The molecule has 0 aliphatic carbocycles. The van der Waals surface area contributed by atoms with E-state index in [1.165, 1.54) is 21.3 Å². The normalized spacial score (nSPS) is 11.1. The molecule has 0 spiro atoms. The standard InChI is InChI=1S/C15H16N2S/c1-3-12-6-9-17-15(12)13(4-1)11-16-8-7-14-5-2-10-18-14/h1-6,9-10,16-17H,7-8,11H2. The van der Waals surface area contributed by atoms with Crippen LogP contribution in [0.1, 0.15) is 10.4 Å². The highest BCUT2D eigenvalue weighted by molar-refractivity contribution is 7.09. The van der Waals surface area contributed by atoms with Gasteiger partial charge in [-0.3, -0.25) is 0 Å². The van der Waals surface area contributed by atoms with Gasteiger partial charge in [-0.2, -0.15) is 0 Å². The van der Waals surface area contributed by atoms with Crippen LogP contribution in [0.2, 0.25) is 0 Å². The third kappa shape index (κ3) is 2.47. The van der Waals surface area contributed by atoms with E-state index in [1.54, 1.807) is 0 Å². The van der Waals surface area contributed by atoms with Crippen LogP contribution in [0.4, 0.5) is 0 Å². The second-order valence-corrected chi connectivity index (χ2v) is 5.40. The van der Waals surface area contributed by atoms with Crippen LogP contribution >= 0.6 is 11.3 Å². The maximum absolute atomic E-state index is 3.51. The van der Waals surface area contributed by atoms with Gasteiger partial charge in [-0.25, -0.2) is 0 Å². The van der Waals surface area contributed by atoms with Gasteiger partial charge in [0.2, 0.25) is 0 Å². The minimum atomic E-state index is 0.920. The number of aromatic nitrogens is 1. The molecule has 3 heteroatoms. The van der Waals surface area contributed by atoms with Gasteiger partial charge in [0, 0.05) is 29.7 Å². The molecule has 0 fully saturated rings. The van der Waals surface area contributed by atoms with Gasteiger partial charge >= 0.3 is 0 Å². The van der Waals surface area contributed by atoms with E-state index in [1.807, 2.05) is 17.5 Å². The Morgan fingerprint density at radius 2 is 2.11 bits per heavy atom. The molecule has 18 heavy (non-hydrogen) atoms. The van der Waals surface area contributed by atoms with Crippen LogP contribution in [-0.2, 0) is 13.0 Å². The van der Waals surface area contributed by atoms with Gasteiger partial charge in [0.1, 0.15) is 0 Å². The lowest BCUT2D eigenvalue weighted by Crippen LogP contribution is -2.16. The smallest absolute Gasteiger partial charge is 0.0499 e. The molecule has 0 saturated heterocycles. The first-order valence-electron chi connectivity index (χ1n) is 6.21. The van der Waals surface area contributed by atoms with Gasteiger partial charge in [0.15, 0.2) is 0 Å². The SMILES string of the molecule is c1csc(CCNCc2cccc3cc[nH]c23)c1. The van der Waals surface area contributed by atoms with E-state index in [0.29, 0.717) is 0 Å². The van der Waals surface area contributed by atoms with Gasteiger partial charge in [-0.05, 0) is 34.9 Å². The van der Waals surface area contributed by atoms with E-state index < -0.39 is 0 Å². The molecule has 0 aliphatic heterocycles. The molecular formula is C15H16N2S. The van der Waals surface area contributed by atoms with E-state index in [2.05, 4.69) is 52.1 Å². The summed E-state index contributed by atoms with van der Waals surface area (Å²) in [5.41, 5.74) is 2.59. The Labute approximate surface area is 111 Å². The van der Waals surface area contributed by atoms with Crippen molar-refractivity contribution in [3.63, 3.8) is 0 Å². The van der Waals surface area contributed by atoms with Crippen molar-refractivity contribution < 1.29 is 0 Å². The largest absolute Gasteiger partial charge is 0.361 e. The van der Waals surface area contributed by atoms with Crippen molar-refractivity contribution >= 4 is 22.2 Å². The molecule has 3 aromatic rings. The van der Waals surface area contributed by atoms with Crippen molar-refractivity contribution in [3.05, 3.63) is 58.4 Å². The number of thiophene rings is 1. The predicted octanol–water partition coefficient (Wildman–Crippen LogP) is 3.56. The molecule has 2 heterocycles. The van der Waals surface area contributed by atoms with Crippen LogP contribution in [0.3, 0.4) is 0 Å². The molecular weight excluding hydrogens is 240 g/mol. The number of nitrogens with one attached hydrogen (secondary N) is 2. The summed E-state index contributed by atoms with van der Waals surface area (Å²) in [7, 11) is 0. The number of para-hydroxylation sites is 1. The Kier molecular flexibility index (Phi) is 3.44. The van der Waals surface area contributed by atoms with Crippen molar-refractivity contribution in [2.24, 2.45) is 0 Å². The van der Waals surface area contributed by atoms with Crippen LogP contribution in [0, 0.1) is 0 Å². The van der Waals surface area contributed by atoms with Crippen molar-refractivity contribution in [2.75, 3.05) is 6.54 Å². The average molecular weight is 256 g/mol. The summed E-state index contributed by atoms with van der Waals surface area (Å²) in [5, 5.41) is 6.93. The highest BCUT2D eigenvalue weighted by Gasteiger charge is 2.01. The molecule has 0 saturated carbocycles. The number of H-pyrrole nitrogens is 1. The summed E-state index contributed by atoms with van der Waals surface area (Å²) in [6.07, 6.45) is 3.11. The van der Waals surface area contributed by atoms with Crippen LogP contribution < -0.4 is 5.32 Å². The Hall–Kier alpha value is -1.58. The molecule has 2 nitrogen and oxygen atoms in total. The topological polar surface area (TPSA) is 27.8 Å². The van der Waals surface area contributed by atoms with Gasteiger partial charge in [-0.1, -0.05) is 24.3 Å². The first kappa shape index (κ1) is 11.5. The average Bonchev–Trinajstić information content (AvgIpc) is 3.05. The number of fused-ring (bicyclic) bond motifs is 1. The van der Waals surface area contributed by atoms with Gasteiger partial charge in [0.25, 0.3) is 0 Å². The summed E-state index contributed by atoms with van der Waals surface area (Å²) >= 11 is 1.83. The van der Waals surface area contributed by atoms with E-state index in [4.69, 9.17) is 0 Å². The maximum Gasteiger partial charge on any atom is 0.0499 e. The number of aromatic amines is 1. The quantitative estimate of drug-likeness (QED) is 0.671. The lowest BCUT2D eigenvalue weighted by molar-refractivity contribution is 0.693. The van der Waals surface area contributed by atoms with Crippen LogP contribution in [0.5, 0.6) is 0 Å². The van der Waals surface area contributed by atoms with Crippen LogP contribution in [-0.4, -0.2) is 11.5 Å². The van der Waals surface area contributed by atoms with Gasteiger partial charge in [-0.15, -0.1) is 11.3 Å². The molecule has 92 valence electrons. The lowest BCUT2D eigenvalue weighted by atomic mass is 10.1. The van der Waals surface area contributed by atoms with Crippen molar-refractivity contribution in [1.29, 1.82) is 0 Å². The monoisotopic (exact) mass is 256 g/mol. The zero-order valence-electron chi connectivity index (χ0n) is 10.1. The molecule has 0 amide bonds. The number of rotatable bonds is 5.